The van der Waals surface area contributed by atoms with Gasteiger partial charge in [0, 0.05) is 31.6 Å². The van der Waals surface area contributed by atoms with E-state index in [1.165, 1.54) is 0 Å². The average Bonchev–Trinajstić information content (AvgIpc) is 3.20. The molecule has 0 bridgehead atoms. The summed E-state index contributed by atoms with van der Waals surface area (Å²) in [7, 11) is 0. The summed E-state index contributed by atoms with van der Waals surface area (Å²) in [5.41, 5.74) is 8.78. The summed E-state index contributed by atoms with van der Waals surface area (Å²) in [6.07, 6.45) is 1.11. The number of hydrogen-bond donors (Lipinski definition) is 6. The topological polar surface area (TPSA) is 144 Å². The smallest absolute Gasteiger partial charge is 0.404 e. The van der Waals surface area contributed by atoms with Gasteiger partial charge in [-0.1, -0.05) is 103 Å². The van der Waals surface area contributed by atoms with E-state index >= 15 is 0 Å². The van der Waals surface area contributed by atoms with Crippen molar-refractivity contribution in [2.24, 2.45) is 5.73 Å². The maximum atomic E-state index is 14.2. The standard InChI is InChI=1S/C36H42N6O3/c37-35(38)39-20-9-16-32-34(43)42(24-30(27-11-3-1-4-12-27)28-13-5-2-6-14-28)21-19-31(40-32)33(41-36(44)45)23-25-17-18-26-10-7-8-15-29(26)22-25/h1-8,10-15,17-18,22,30-33,40-41H,9,16,19-21,23-24H2,(H,44,45)(H4,37,38,39)/t31-,32+,33+/m1/s1. The van der Waals surface area contributed by atoms with Gasteiger partial charge in [0.1, 0.15) is 0 Å². The molecule has 3 atom stereocenters. The first-order valence-corrected chi connectivity index (χ1v) is 15.6. The third-order valence-corrected chi connectivity index (χ3v) is 8.59. The quantitative estimate of drug-likeness (QED) is 0.0786. The fourth-order valence-electron chi connectivity index (χ4n) is 6.34. The SMILES string of the molecule is N=C(N)NCCC[C@@H]1N[C@@H]([C@H](Cc2ccc3ccccc3c2)NC(=O)O)CCN(CC(c2ccccc2)c2ccccc2)C1=O. The van der Waals surface area contributed by atoms with Crippen molar-refractivity contribution in [2.45, 2.75) is 49.7 Å². The Labute approximate surface area is 264 Å². The highest BCUT2D eigenvalue weighted by Crippen LogP contribution is 2.28. The van der Waals surface area contributed by atoms with Crippen LogP contribution < -0.4 is 21.7 Å². The second-order valence-corrected chi connectivity index (χ2v) is 11.7. The van der Waals surface area contributed by atoms with Gasteiger partial charge in [0.2, 0.25) is 5.91 Å². The number of amides is 2. The Balaban J connectivity index is 1.41. The first-order valence-electron chi connectivity index (χ1n) is 15.6. The largest absolute Gasteiger partial charge is 0.465 e. The lowest BCUT2D eigenvalue weighted by molar-refractivity contribution is -0.133. The number of nitrogens with one attached hydrogen (secondary N) is 4. The molecule has 2 amide bonds. The monoisotopic (exact) mass is 606 g/mol. The van der Waals surface area contributed by atoms with Gasteiger partial charge in [-0.2, -0.15) is 0 Å². The molecule has 4 aromatic rings. The minimum Gasteiger partial charge on any atom is -0.465 e. The molecule has 0 spiro atoms. The van der Waals surface area contributed by atoms with E-state index in [1.807, 2.05) is 59.5 Å². The summed E-state index contributed by atoms with van der Waals surface area (Å²) in [5, 5.41) is 28.7. The molecule has 1 aliphatic rings. The number of carbonyl (C=O) groups excluding carboxylic acids is 1. The van der Waals surface area contributed by atoms with Crippen molar-refractivity contribution in [3.05, 3.63) is 120 Å². The van der Waals surface area contributed by atoms with Crippen LogP contribution in [-0.2, 0) is 11.2 Å². The van der Waals surface area contributed by atoms with E-state index in [0.717, 1.165) is 27.5 Å². The van der Waals surface area contributed by atoms with E-state index < -0.39 is 18.2 Å². The first kappa shape index (κ1) is 31.5. The zero-order valence-corrected chi connectivity index (χ0v) is 25.4. The Morgan fingerprint density at radius 3 is 2.24 bits per heavy atom. The zero-order chi connectivity index (χ0) is 31.6. The summed E-state index contributed by atoms with van der Waals surface area (Å²) in [6.45, 7) is 1.46. The van der Waals surface area contributed by atoms with Crippen LogP contribution in [0.2, 0.25) is 0 Å². The lowest BCUT2D eigenvalue weighted by Gasteiger charge is -2.30. The van der Waals surface area contributed by atoms with E-state index in [1.54, 1.807) is 0 Å². The second-order valence-electron chi connectivity index (χ2n) is 11.7. The Morgan fingerprint density at radius 2 is 1.60 bits per heavy atom. The van der Waals surface area contributed by atoms with Crippen LogP contribution in [0, 0.1) is 5.41 Å². The molecule has 1 fully saturated rings. The molecule has 0 unspecified atom stereocenters. The molecular weight excluding hydrogens is 564 g/mol. The predicted octanol–water partition coefficient (Wildman–Crippen LogP) is 4.67. The van der Waals surface area contributed by atoms with Gasteiger partial charge >= 0.3 is 6.09 Å². The molecule has 1 aliphatic heterocycles. The van der Waals surface area contributed by atoms with E-state index in [2.05, 4.69) is 64.5 Å². The third kappa shape index (κ3) is 8.61. The van der Waals surface area contributed by atoms with Crippen molar-refractivity contribution in [1.82, 2.24) is 20.9 Å². The van der Waals surface area contributed by atoms with Crippen molar-refractivity contribution in [1.29, 1.82) is 5.41 Å². The zero-order valence-electron chi connectivity index (χ0n) is 25.4. The number of carbonyl (C=O) groups is 2. The van der Waals surface area contributed by atoms with Gasteiger partial charge < -0.3 is 31.7 Å². The Hall–Kier alpha value is -4.89. The van der Waals surface area contributed by atoms with Crippen LogP contribution >= 0.6 is 0 Å². The molecule has 1 saturated heterocycles. The molecule has 1 heterocycles. The summed E-state index contributed by atoms with van der Waals surface area (Å²) >= 11 is 0. The van der Waals surface area contributed by atoms with Gasteiger partial charge in [-0.3, -0.25) is 10.2 Å². The van der Waals surface area contributed by atoms with E-state index in [-0.39, 0.29) is 23.8 Å². The Morgan fingerprint density at radius 1 is 0.956 bits per heavy atom. The molecule has 5 rings (SSSR count). The van der Waals surface area contributed by atoms with Crippen molar-refractivity contribution < 1.29 is 14.7 Å². The summed E-state index contributed by atoms with van der Waals surface area (Å²) in [6, 6.07) is 33.5. The highest BCUT2D eigenvalue weighted by Gasteiger charge is 2.35. The fraction of sp³-hybridized carbons (Fsp3) is 0.306. The molecule has 45 heavy (non-hydrogen) atoms. The number of nitrogens with two attached hydrogens (primary N) is 1. The van der Waals surface area contributed by atoms with Gasteiger partial charge in [-0.25, -0.2) is 4.79 Å². The molecule has 7 N–H and O–H groups in total. The summed E-state index contributed by atoms with van der Waals surface area (Å²) in [5.74, 6) is -0.125. The van der Waals surface area contributed by atoms with Crippen LogP contribution in [0.3, 0.4) is 0 Å². The van der Waals surface area contributed by atoms with Gasteiger partial charge in [0.05, 0.1) is 12.1 Å². The minimum absolute atomic E-state index is 0.00281. The molecule has 4 aromatic carbocycles. The third-order valence-electron chi connectivity index (χ3n) is 8.59. The average molecular weight is 607 g/mol. The van der Waals surface area contributed by atoms with Crippen molar-refractivity contribution in [3.63, 3.8) is 0 Å². The molecule has 0 aliphatic carbocycles. The van der Waals surface area contributed by atoms with Crippen LogP contribution in [-0.4, -0.2) is 65.7 Å². The number of carboxylic acid groups (broad SMARTS) is 1. The number of hydrogen-bond acceptors (Lipinski definition) is 4. The van der Waals surface area contributed by atoms with E-state index in [4.69, 9.17) is 11.1 Å². The van der Waals surface area contributed by atoms with E-state index in [9.17, 15) is 14.7 Å². The van der Waals surface area contributed by atoms with E-state index in [0.29, 0.717) is 45.3 Å². The molecule has 9 heteroatoms. The highest BCUT2D eigenvalue weighted by molar-refractivity contribution is 5.83. The van der Waals surface area contributed by atoms with Crippen LogP contribution in [0.1, 0.15) is 41.9 Å². The number of fused-ring (bicyclic) bond motifs is 1. The number of rotatable bonds is 12. The summed E-state index contributed by atoms with van der Waals surface area (Å²) < 4.78 is 0. The number of guanidine groups is 1. The van der Waals surface area contributed by atoms with Crippen LogP contribution in [0.4, 0.5) is 4.79 Å². The van der Waals surface area contributed by atoms with Gasteiger partial charge in [0.25, 0.3) is 0 Å². The Bertz CT molecular complexity index is 1540. The predicted molar refractivity (Wildman–Crippen MR) is 178 cm³/mol. The highest BCUT2D eigenvalue weighted by atomic mass is 16.4. The summed E-state index contributed by atoms with van der Waals surface area (Å²) in [4.78, 5) is 28.2. The van der Waals surface area contributed by atoms with Crippen molar-refractivity contribution >= 4 is 28.7 Å². The van der Waals surface area contributed by atoms with Crippen molar-refractivity contribution in [3.8, 4) is 0 Å². The van der Waals surface area contributed by atoms with Crippen LogP contribution in [0.15, 0.2) is 103 Å². The first-order chi connectivity index (χ1) is 21.9. The normalized spacial score (nSPS) is 17.5. The van der Waals surface area contributed by atoms with Crippen LogP contribution in [0.5, 0.6) is 0 Å². The number of benzene rings is 4. The van der Waals surface area contributed by atoms with Gasteiger partial charge in [-0.15, -0.1) is 0 Å². The minimum atomic E-state index is -1.09. The Kier molecular flexibility index (Phi) is 10.7. The second kappa shape index (κ2) is 15.2. The molecule has 9 nitrogen and oxygen atoms in total. The molecular formula is C36H42N6O3. The molecule has 0 radical (unpaired) electrons. The fourth-order valence-corrected chi connectivity index (χ4v) is 6.34. The van der Waals surface area contributed by atoms with Crippen LogP contribution in [0.25, 0.3) is 10.8 Å². The maximum Gasteiger partial charge on any atom is 0.404 e. The maximum absolute atomic E-state index is 14.2. The molecule has 0 aromatic heterocycles. The van der Waals surface area contributed by atoms with Gasteiger partial charge in [-0.05, 0) is 53.1 Å². The van der Waals surface area contributed by atoms with Crippen molar-refractivity contribution in [2.75, 3.05) is 19.6 Å². The lowest BCUT2D eigenvalue weighted by Crippen LogP contribution is -2.54. The molecule has 234 valence electrons. The number of nitrogens with zero attached hydrogens (tertiary/aromatic N) is 1. The molecule has 0 saturated carbocycles. The van der Waals surface area contributed by atoms with Gasteiger partial charge in [0.15, 0.2) is 5.96 Å². The lowest BCUT2D eigenvalue weighted by atomic mass is 9.90.